The zero-order valence-corrected chi connectivity index (χ0v) is 15.1. The van der Waals surface area contributed by atoms with Crippen LogP contribution in [0.3, 0.4) is 0 Å². The van der Waals surface area contributed by atoms with E-state index in [9.17, 15) is 9.59 Å². The van der Waals surface area contributed by atoms with E-state index in [1.54, 1.807) is 6.08 Å². The molecule has 4 heteroatoms. The van der Waals surface area contributed by atoms with Gasteiger partial charge in [-0.2, -0.15) is 0 Å². The Bertz CT molecular complexity index is 680. The summed E-state index contributed by atoms with van der Waals surface area (Å²) in [7, 11) is 2.47. The number of hydrogen-bond donors (Lipinski definition) is 0. The van der Waals surface area contributed by atoms with E-state index < -0.39 is 11.9 Å². The number of benzene rings is 1. The zero-order chi connectivity index (χ0) is 18.3. The first-order chi connectivity index (χ1) is 11.3. The summed E-state index contributed by atoms with van der Waals surface area (Å²) in [5.41, 5.74) is 4.70. The summed E-state index contributed by atoms with van der Waals surface area (Å²) in [5.74, 6) is -1.44. The highest BCUT2D eigenvalue weighted by Gasteiger charge is 2.22. The Morgan fingerprint density at radius 3 is 1.71 bits per heavy atom. The average Bonchev–Trinajstić information content (AvgIpc) is 2.57. The van der Waals surface area contributed by atoms with Gasteiger partial charge in [0.1, 0.15) is 5.57 Å². The molecule has 0 spiro atoms. The number of methoxy groups -OCH3 is 2. The van der Waals surface area contributed by atoms with Crippen molar-refractivity contribution in [3.8, 4) is 0 Å². The molecule has 1 rings (SSSR count). The molecule has 128 valence electrons. The fourth-order valence-corrected chi connectivity index (χ4v) is 2.35. The van der Waals surface area contributed by atoms with Gasteiger partial charge in [-0.1, -0.05) is 41.5 Å². The molecule has 0 aliphatic rings. The number of hydrogen-bond acceptors (Lipinski definition) is 4. The highest BCUT2D eigenvalue weighted by Crippen LogP contribution is 2.31. The summed E-state index contributed by atoms with van der Waals surface area (Å²) >= 11 is 0. The van der Waals surface area contributed by atoms with Crippen LogP contribution in [-0.4, -0.2) is 26.2 Å². The standard InChI is InChI=1S/C20H24O4/c1-13(2)16(12-17(19(21)23-5)20(22)24-6)18(14(3)4)15-10-8-7-9-11-15/h7-12H,1-6H3. The van der Waals surface area contributed by atoms with Crippen LogP contribution in [0.1, 0.15) is 33.3 Å². The largest absolute Gasteiger partial charge is 0.465 e. The number of carbonyl (C=O) groups excluding carboxylic acids is 2. The van der Waals surface area contributed by atoms with Gasteiger partial charge in [0.2, 0.25) is 0 Å². The van der Waals surface area contributed by atoms with Crippen LogP contribution in [-0.2, 0) is 19.1 Å². The Labute approximate surface area is 143 Å². The van der Waals surface area contributed by atoms with Crippen LogP contribution in [0.5, 0.6) is 0 Å². The number of esters is 2. The predicted octanol–water partition coefficient (Wildman–Crippen LogP) is 4.09. The lowest BCUT2D eigenvalue weighted by Gasteiger charge is -2.15. The van der Waals surface area contributed by atoms with Crippen molar-refractivity contribution >= 4 is 17.5 Å². The molecule has 0 aliphatic carbocycles. The Kier molecular flexibility index (Phi) is 7.18. The van der Waals surface area contributed by atoms with Gasteiger partial charge < -0.3 is 9.47 Å². The molecule has 0 radical (unpaired) electrons. The van der Waals surface area contributed by atoms with E-state index in [1.807, 2.05) is 58.0 Å². The van der Waals surface area contributed by atoms with E-state index in [1.165, 1.54) is 14.2 Å². The van der Waals surface area contributed by atoms with Crippen molar-refractivity contribution in [1.29, 1.82) is 0 Å². The Balaban J connectivity index is 3.61. The maximum Gasteiger partial charge on any atom is 0.345 e. The number of carbonyl (C=O) groups is 2. The second-order valence-electron chi connectivity index (χ2n) is 5.70. The minimum atomic E-state index is -0.721. The molecule has 0 unspecified atom stereocenters. The van der Waals surface area contributed by atoms with Crippen molar-refractivity contribution < 1.29 is 19.1 Å². The maximum atomic E-state index is 12.0. The Morgan fingerprint density at radius 2 is 1.33 bits per heavy atom. The molecule has 24 heavy (non-hydrogen) atoms. The summed E-state index contributed by atoms with van der Waals surface area (Å²) in [6.07, 6.45) is 1.54. The van der Waals surface area contributed by atoms with E-state index in [2.05, 4.69) is 0 Å². The predicted molar refractivity (Wildman–Crippen MR) is 95.2 cm³/mol. The van der Waals surface area contributed by atoms with E-state index in [-0.39, 0.29) is 5.57 Å². The van der Waals surface area contributed by atoms with Gasteiger partial charge in [0.05, 0.1) is 14.2 Å². The lowest BCUT2D eigenvalue weighted by atomic mass is 9.90. The first-order valence-corrected chi connectivity index (χ1v) is 7.62. The van der Waals surface area contributed by atoms with Crippen LogP contribution >= 0.6 is 0 Å². The summed E-state index contributed by atoms with van der Waals surface area (Å²) in [4.78, 5) is 23.9. The third-order valence-electron chi connectivity index (χ3n) is 3.47. The minimum Gasteiger partial charge on any atom is -0.465 e. The molecule has 0 saturated carbocycles. The monoisotopic (exact) mass is 328 g/mol. The third kappa shape index (κ3) is 4.69. The van der Waals surface area contributed by atoms with Crippen LogP contribution < -0.4 is 0 Å². The Hall–Kier alpha value is -2.62. The lowest BCUT2D eigenvalue weighted by Crippen LogP contribution is -2.16. The van der Waals surface area contributed by atoms with E-state index in [0.29, 0.717) is 0 Å². The first kappa shape index (κ1) is 19.4. The van der Waals surface area contributed by atoms with Crippen molar-refractivity contribution in [2.24, 2.45) is 0 Å². The summed E-state index contributed by atoms with van der Waals surface area (Å²) in [6, 6.07) is 9.83. The van der Waals surface area contributed by atoms with Crippen molar-refractivity contribution in [3.63, 3.8) is 0 Å². The van der Waals surface area contributed by atoms with Gasteiger partial charge in [-0.25, -0.2) is 9.59 Å². The second kappa shape index (κ2) is 8.87. The highest BCUT2D eigenvalue weighted by molar-refractivity contribution is 6.15. The summed E-state index contributed by atoms with van der Waals surface area (Å²) in [5, 5.41) is 0. The van der Waals surface area contributed by atoms with Crippen molar-refractivity contribution in [3.05, 3.63) is 64.3 Å². The van der Waals surface area contributed by atoms with Crippen LogP contribution in [0.2, 0.25) is 0 Å². The van der Waals surface area contributed by atoms with Crippen LogP contribution in [0, 0.1) is 0 Å². The maximum absolute atomic E-state index is 12.0. The molecule has 0 fully saturated rings. The Morgan fingerprint density at radius 1 is 0.833 bits per heavy atom. The van der Waals surface area contributed by atoms with Gasteiger partial charge in [-0.05, 0) is 50.5 Å². The molecule has 0 aromatic heterocycles. The van der Waals surface area contributed by atoms with Gasteiger partial charge in [0.25, 0.3) is 0 Å². The van der Waals surface area contributed by atoms with Gasteiger partial charge in [0.15, 0.2) is 0 Å². The molecule has 0 saturated heterocycles. The van der Waals surface area contributed by atoms with Crippen molar-refractivity contribution in [1.82, 2.24) is 0 Å². The molecule has 0 N–H and O–H groups in total. The van der Waals surface area contributed by atoms with Gasteiger partial charge in [0, 0.05) is 0 Å². The first-order valence-electron chi connectivity index (χ1n) is 7.62. The number of rotatable bonds is 5. The molecule has 1 aromatic rings. The van der Waals surface area contributed by atoms with E-state index in [4.69, 9.17) is 9.47 Å². The zero-order valence-electron chi connectivity index (χ0n) is 15.1. The molecule has 1 aromatic carbocycles. The molecule has 4 nitrogen and oxygen atoms in total. The molecule has 0 heterocycles. The SMILES string of the molecule is COC(=O)C(=CC(=C(C)C)C(=C(C)C)c1ccccc1)C(=O)OC. The van der Waals surface area contributed by atoms with Gasteiger partial charge >= 0.3 is 11.9 Å². The van der Waals surface area contributed by atoms with Crippen LogP contribution in [0.4, 0.5) is 0 Å². The molecule has 0 amide bonds. The number of ether oxygens (including phenoxy) is 2. The second-order valence-corrected chi connectivity index (χ2v) is 5.70. The van der Waals surface area contributed by atoms with Crippen LogP contribution in [0.15, 0.2) is 58.7 Å². The fraction of sp³-hybridized carbons (Fsp3) is 0.300. The van der Waals surface area contributed by atoms with Crippen LogP contribution in [0.25, 0.3) is 5.57 Å². The molecular formula is C20H24O4. The smallest absolute Gasteiger partial charge is 0.345 e. The summed E-state index contributed by atoms with van der Waals surface area (Å²) < 4.78 is 9.43. The number of allylic oxidation sites excluding steroid dienone is 5. The van der Waals surface area contributed by atoms with Crippen molar-refractivity contribution in [2.75, 3.05) is 14.2 Å². The summed E-state index contributed by atoms with van der Waals surface area (Å²) in [6.45, 7) is 7.86. The molecule has 0 aliphatic heterocycles. The van der Waals surface area contributed by atoms with Crippen molar-refractivity contribution in [2.45, 2.75) is 27.7 Å². The lowest BCUT2D eigenvalue weighted by molar-refractivity contribution is -0.144. The molecule has 0 atom stereocenters. The van der Waals surface area contributed by atoms with E-state index >= 15 is 0 Å². The van der Waals surface area contributed by atoms with Gasteiger partial charge in [-0.3, -0.25) is 0 Å². The van der Waals surface area contributed by atoms with Gasteiger partial charge in [-0.15, -0.1) is 0 Å². The average molecular weight is 328 g/mol. The third-order valence-corrected chi connectivity index (χ3v) is 3.47. The fourth-order valence-electron chi connectivity index (χ4n) is 2.35. The minimum absolute atomic E-state index is 0.133. The highest BCUT2D eigenvalue weighted by atomic mass is 16.5. The molecular weight excluding hydrogens is 304 g/mol. The topological polar surface area (TPSA) is 52.6 Å². The molecule has 0 bridgehead atoms. The normalized spacial score (nSPS) is 9.58. The van der Waals surface area contributed by atoms with E-state index in [0.717, 1.165) is 27.9 Å². The quantitative estimate of drug-likeness (QED) is 0.269.